The van der Waals surface area contributed by atoms with E-state index in [1.54, 1.807) is 17.8 Å². The van der Waals surface area contributed by atoms with E-state index >= 15 is 4.39 Å². The SMILES string of the molecule is COc1cc2nc(-c3nc(Cl)c(CO[Si](C)(C)C(C)(C)C)cc3F)cn2nc1C1CC1. The highest BCUT2D eigenvalue weighted by Gasteiger charge is 2.37. The number of pyridine rings is 1. The van der Waals surface area contributed by atoms with E-state index in [1.807, 2.05) is 6.07 Å². The smallest absolute Gasteiger partial charge is 0.192 e. The molecule has 3 aromatic rings. The molecule has 1 aliphatic rings. The first kappa shape index (κ1) is 22.2. The van der Waals surface area contributed by atoms with Crippen molar-refractivity contribution in [3.05, 3.63) is 40.6 Å². The van der Waals surface area contributed by atoms with Gasteiger partial charge < -0.3 is 9.16 Å². The van der Waals surface area contributed by atoms with Gasteiger partial charge in [-0.15, -0.1) is 0 Å². The van der Waals surface area contributed by atoms with Crippen molar-refractivity contribution in [1.29, 1.82) is 0 Å². The lowest BCUT2D eigenvalue weighted by molar-refractivity contribution is 0.275. The van der Waals surface area contributed by atoms with Crippen LogP contribution in [0.5, 0.6) is 5.75 Å². The van der Waals surface area contributed by atoms with Crippen molar-refractivity contribution in [1.82, 2.24) is 19.6 Å². The quantitative estimate of drug-likeness (QED) is 0.332. The Labute approximate surface area is 187 Å². The maximum Gasteiger partial charge on any atom is 0.192 e. The van der Waals surface area contributed by atoms with Gasteiger partial charge in [0.25, 0.3) is 0 Å². The summed E-state index contributed by atoms with van der Waals surface area (Å²) in [6.45, 7) is 11.0. The highest BCUT2D eigenvalue weighted by molar-refractivity contribution is 6.74. The fourth-order valence-corrected chi connectivity index (χ4v) is 4.24. The molecule has 9 heteroatoms. The minimum absolute atomic E-state index is 0.0509. The maximum absolute atomic E-state index is 15.0. The van der Waals surface area contributed by atoms with E-state index in [4.69, 9.17) is 20.8 Å². The number of hydrogen-bond donors (Lipinski definition) is 0. The molecule has 0 aliphatic heterocycles. The molecule has 3 heterocycles. The van der Waals surface area contributed by atoms with E-state index < -0.39 is 14.1 Å². The van der Waals surface area contributed by atoms with Crippen molar-refractivity contribution in [2.24, 2.45) is 0 Å². The molecule has 31 heavy (non-hydrogen) atoms. The van der Waals surface area contributed by atoms with Gasteiger partial charge in [-0.1, -0.05) is 32.4 Å². The average molecular weight is 463 g/mol. The fourth-order valence-electron chi connectivity index (χ4n) is 3.10. The van der Waals surface area contributed by atoms with Gasteiger partial charge in [0, 0.05) is 17.5 Å². The Bertz CT molecular complexity index is 1140. The topological polar surface area (TPSA) is 61.5 Å². The molecule has 1 fully saturated rings. The van der Waals surface area contributed by atoms with Gasteiger partial charge in [0.15, 0.2) is 19.8 Å². The van der Waals surface area contributed by atoms with Gasteiger partial charge in [-0.3, -0.25) is 0 Å². The number of rotatable bonds is 6. The van der Waals surface area contributed by atoms with Gasteiger partial charge in [-0.2, -0.15) is 5.10 Å². The molecule has 0 aromatic carbocycles. The Morgan fingerprint density at radius 2 is 1.94 bits per heavy atom. The van der Waals surface area contributed by atoms with Gasteiger partial charge in [0.05, 0.1) is 19.9 Å². The lowest BCUT2D eigenvalue weighted by Crippen LogP contribution is -2.40. The first-order valence-corrected chi connectivity index (χ1v) is 13.7. The van der Waals surface area contributed by atoms with Crippen LogP contribution < -0.4 is 4.74 Å². The number of imidazole rings is 1. The van der Waals surface area contributed by atoms with Crippen LogP contribution in [-0.4, -0.2) is 35.0 Å². The summed E-state index contributed by atoms with van der Waals surface area (Å²) in [6, 6.07) is 3.22. The molecular weight excluding hydrogens is 435 g/mol. The summed E-state index contributed by atoms with van der Waals surface area (Å²) in [6.07, 6.45) is 3.87. The number of aromatic nitrogens is 4. The number of fused-ring (bicyclic) bond motifs is 1. The number of halogens is 2. The summed E-state index contributed by atoms with van der Waals surface area (Å²) in [5, 5.41) is 4.90. The maximum atomic E-state index is 15.0. The van der Waals surface area contributed by atoms with Crippen LogP contribution in [0.15, 0.2) is 18.3 Å². The molecule has 0 spiro atoms. The van der Waals surface area contributed by atoms with E-state index in [2.05, 4.69) is 48.9 Å². The van der Waals surface area contributed by atoms with Crippen LogP contribution in [0.3, 0.4) is 0 Å². The van der Waals surface area contributed by atoms with E-state index in [0.29, 0.717) is 28.6 Å². The molecule has 4 rings (SSSR count). The molecule has 0 bridgehead atoms. The third-order valence-electron chi connectivity index (χ3n) is 6.27. The third-order valence-corrected chi connectivity index (χ3v) is 11.1. The highest BCUT2D eigenvalue weighted by atomic mass is 35.5. The molecule has 0 atom stereocenters. The predicted octanol–water partition coefficient (Wildman–Crippen LogP) is 5.99. The predicted molar refractivity (Wildman–Crippen MR) is 122 cm³/mol. The number of ether oxygens (including phenoxy) is 1. The van der Waals surface area contributed by atoms with Crippen LogP contribution in [0.1, 0.15) is 50.8 Å². The molecule has 166 valence electrons. The Morgan fingerprint density at radius 1 is 1.23 bits per heavy atom. The normalized spacial score (nSPS) is 15.0. The van der Waals surface area contributed by atoms with Gasteiger partial charge in [0.1, 0.15) is 28.0 Å². The summed E-state index contributed by atoms with van der Waals surface area (Å²) < 4.78 is 28.3. The van der Waals surface area contributed by atoms with Crippen LogP contribution in [-0.2, 0) is 11.0 Å². The van der Waals surface area contributed by atoms with Crippen molar-refractivity contribution < 1.29 is 13.6 Å². The molecule has 0 radical (unpaired) electrons. The lowest BCUT2D eigenvalue weighted by atomic mass is 10.2. The molecule has 0 amide bonds. The van der Waals surface area contributed by atoms with Crippen LogP contribution in [0.2, 0.25) is 23.3 Å². The molecule has 3 aromatic heterocycles. The van der Waals surface area contributed by atoms with Crippen molar-refractivity contribution in [3.63, 3.8) is 0 Å². The first-order chi connectivity index (χ1) is 14.5. The minimum Gasteiger partial charge on any atom is -0.495 e. The van der Waals surface area contributed by atoms with E-state index in [9.17, 15) is 0 Å². The molecule has 0 saturated heterocycles. The lowest BCUT2D eigenvalue weighted by Gasteiger charge is -2.36. The van der Waals surface area contributed by atoms with Crippen molar-refractivity contribution >= 4 is 25.6 Å². The Kier molecular flexibility index (Phi) is 5.60. The summed E-state index contributed by atoms with van der Waals surface area (Å²) in [7, 11) is -0.371. The highest BCUT2D eigenvalue weighted by Crippen LogP contribution is 2.43. The summed E-state index contributed by atoms with van der Waals surface area (Å²) in [5.74, 6) is 0.627. The number of nitrogens with zero attached hydrogens (tertiary/aromatic N) is 4. The van der Waals surface area contributed by atoms with Crippen molar-refractivity contribution in [3.8, 4) is 17.1 Å². The summed E-state index contributed by atoms with van der Waals surface area (Å²) >= 11 is 6.40. The van der Waals surface area contributed by atoms with E-state index in [-0.39, 0.29) is 22.5 Å². The minimum atomic E-state index is -1.99. The van der Waals surface area contributed by atoms with Crippen molar-refractivity contribution in [2.75, 3.05) is 7.11 Å². The average Bonchev–Trinajstić information content (AvgIpc) is 3.45. The largest absolute Gasteiger partial charge is 0.495 e. The zero-order valence-corrected chi connectivity index (χ0v) is 20.5. The molecule has 6 nitrogen and oxygen atoms in total. The fraction of sp³-hybridized carbons (Fsp3) is 0.500. The summed E-state index contributed by atoms with van der Waals surface area (Å²) in [5.41, 5.74) is 2.48. The molecule has 1 aliphatic carbocycles. The first-order valence-electron chi connectivity index (χ1n) is 10.4. The Hall–Kier alpha value is -2.03. The summed E-state index contributed by atoms with van der Waals surface area (Å²) in [4.78, 5) is 8.80. The molecular formula is C22H28ClFN4O2Si. The second-order valence-corrected chi connectivity index (χ2v) is 14.8. The number of methoxy groups -OCH3 is 1. The molecule has 0 unspecified atom stereocenters. The Morgan fingerprint density at radius 3 is 2.55 bits per heavy atom. The Balaban J connectivity index is 1.64. The van der Waals surface area contributed by atoms with Crippen LogP contribution >= 0.6 is 11.6 Å². The third kappa shape index (κ3) is 4.33. The van der Waals surface area contributed by atoms with Crippen molar-refractivity contribution in [2.45, 2.75) is 64.3 Å². The van der Waals surface area contributed by atoms with Gasteiger partial charge in [-0.05, 0) is 37.0 Å². The molecule has 0 N–H and O–H groups in total. The van der Waals surface area contributed by atoms with Gasteiger partial charge in [-0.25, -0.2) is 18.9 Å². The van der Waals surface area contributed by atoms with Gasteiger partial charge in [0.2, 0.25) is 0 Å². The second kappa shape index (κ2) is 7.83. The zero-order valence-electron chi connectivity index (χ0n) is 18.8. The van der Waals surface area contributed by atoms with E-state index in [0.717, 1.165) is 18.5 Å². The molecule has 1 saturated carbocycles. The monoisotopic (exact) mass is 462 g/mol. The van der Waals surface area contributed by atoms with Crippen LogP contribution in [0.25, 0.3) is 17.0 Å². The van der Waals surface area contributed by atoms with Crippen LogP contribution in [0.4, 0.5) is 4.39 Å². The number of hydrogen-bond acceptors (Lipinski definition) is 5. The van der Waals surface area contributed by atoms with Gasteiger partial charge >= 0.3 is 0 Å². The zero-order chi connectivity index (χ0) is 22.6. The second-order valence-electron chi connectivity index (χ2n) is 9.62. The van der Waals surface area contributed by atoms with Crippen LogP contribution in [0, 0.1) is 5.82 Å². The standard InChI is InChI=1S/C22H28ClFN4O2Si/c1-22(2,3)31(5,6)30-12-14-9-15(24)20(26-21(14)23)16-11-28-18(25-16)10-17(29-4)19(27-28)13-7-8-13/h9-11,13H,7-8,12H2,1-6H3. The van der Waals surface area contributed by atoms with E-state index in [1.165, 1.54) is 6.07 Å².